The minimum Gasteiger partial charge on any atom is -0.487 e. The fourth-order valence-corrected chi connectivity index (χ4v) is 4.34. The summed E-state index contributed by atoms with van der Waals surface area (Å²) in [5, 5.41) is 7.59. The van der Waals surface area contributed by atoms with Gasteiger partial charge in [0.25, 0.3) is 0 Å². The second-order valence-electron chi connectivity index (χ2n) is 8.70. The summed E-state index contributed by atoms with van der Waals surface area (Å²) in [5.41, 5.74) is 7.84. The molecule has 0 aliphatic rings. The summed E-state index contributed by atoms with van der Waals surface area (Å²) >= 11 is 0. The summed E-state index contributed by atoms with van der Waals surface area (Å²) in [4.78, 5) is 26.4. The van der Waals surface area contributed by atoms with E-state index in [4.69, 9.17) is 14.7 Å². The molecular formula is C29H20N8O. The molecule has 1 aromatic carbocycles. The molecule has 0 saturated carbocycles. The Balaban J connectivity index is 1.24. The van der Waals surface area contributed by atoms with Crippen LogP contribution in [0.15, 0.2) is 97.6 Å². The summed E-state index contributed by atoms with van der Waals surface area (Å²) < 4.78 is 5.97. The highest BCUT2D eigenvalue weighted by atomic mass is 16.5. The molecule has 9 nitrogen and oxygen atoms in total. The van der Waals surface area contributed by atoms with Gasteiger partial charge in [0.15, 0.2) is 11.5 Å². The van der Waals surface area contributed by atoms with Gasteiger partial charge in [-0.25, -0.2) is 9.97 Å². The number of hydrogen-bond acceptors (Lipinski definition) is 7. The van der Waals surface area contributed by atoms with Gasteiger partial charge in [0.2, 0.25) is 0 Å². The van der Waals surface area contributed by atoms with Crippen LogP contribution in [0.25, 0.3) is 56.2 Å². The van der Waals surface area contributed by atoms with Crippen LogP contribution < -0.4 is 4.74 Å². The van der Waals surface area contributed by atoms with E-state index in [1.165, 1.54) is 0 Å². The summed E-state index contributed by atoms with van der Waals surface area (Å²) in [6, 6.07) is 23.5. The van der Waals surface area contributed by atoms with E-state index in [0.717, 1.165) is 39.1 Å². The molecule has 0 spiro atoms. The van der Waals surface area contributed by atoms with Gasteiger partial charge in [-0.3, -0.25) is 20.1 Å². The Bertz CT molecular complexity index is 1880. The lowest BCUT2D eigenvalue weighted by Gasteiger charge is -2.08. The highest BCUT2D eigenvalue weighted by Gasteiger charge is 2.18. The number of nitrogens with one attached hydrogen (secondary N) is 2. The fraction of sp³-hybridized carbons (Fsp3) is 0.0345. The van der Waals surface area contributed by atoms with E-state index in [2.05, 4.69) is 30.1 Å². The number of pyridine rings is 4. The van der Waals surface area contributed by atoms with E-state index in [9.17, 15) is 0 Å². The molecule has 38 heavy (non-hydrogen) atoms. The Morgan fingerprint density at radius 3 is 2.50 bits per heavy atom. The van der Waals surface area contributed by atoms with Gasteiger partial charge in [-0.2, -0.15) is 5.10 Å². The molecule has 0 bridgehead atoms. The highest BCUT2D eigenvalue weighted by Crippen LogP contribution is 2.30. The number of imidazole rings is 1. The highest BCUT2D eigenvalue weighted by molar-refractivity contribution is 5.94. The van der Waals surface area contributed by atoms with Gasteiger partial charge in [0.1, 0.15) is 29.1 Å². The maximum atomic E-state index is 5.97. The topological polar surface area (TPSA) is 118 Å². The molecule has 0 atom stereocenters. The lowest BCUT2D eigenvalue weighted by molar-refractivity contribution is 0.305. The van der Waals surface area contributed by atoms with Crippen molar-refractivity contribution in [3.8, 4) is 39.9 Å². The van der Waals surface area contributed by atoms with Crippen molar-refractivity contribution in [2.24, 2.45) is 0 Å². The molecule has 2 N–H and O–H groups in total. The van der Waals surface area contributed by atoms with Gasteiger partial charge in [0.05, 0.1) is 28.6 Å². The standard InChI is InChI=1S/C29H20N8O/c1-2-6-18(7-3-1)17-38-20-14-19(15-30-16-20)21-9-10-24-27(33-21)28(37-36-24)29-34-23-11-13-32-25(26(23)35-29)22-8-4-5-12-31-22/h1-16H,17H2,(H,34,35)(H,36,37). The number of benzene rings is 1. The first-order valence-corrected chi connectivity index (χ1v) is 12.1. The van der Waals surface area contributed by atoms with Crippen LogP contribution in [0.5, 0.6) is 5.75 Å². The molecule has 6 heterocycles. The Morgan fingerprint density at radius 2 is 1.61 bits per heavy atom. The molecule has 7 aromatic rings. The second-order valence-corrected chi connectivity index (χ2v) is 8.70. The number of H-pyrrole nitrogens is 2. The molecule has 182 valence electrons. The fourth-order valence-electron chi connectivity index (χ4n) is 4.34. The van der Waals surface area contributed by atoms with Crippen LogP contribution >= 0.6 is 0 Å². The number of rotatable bonds is 6. The van der Waals surface area contributed by atoms with E-state index in [1.807, 2.05) is 72.8 Å². The molecule has 0 radical (unpaired) electrons. The van der Waals surface area contributed by atoms with E-state index < -0.39 is 0 Å². The van der Waals surface area contributed by atoms with Crippen LogP contribution in [0.1, 0.15) is 5.56 Å². The van der Waals surface area contributed by atoms with Crippen LogP contribution in [0.3, 0.4) is 0 Å². The van der Waals surface area contributed by atoms with E-state index in [1.54, 1.807) is 24.8 Å². The number of nitrogens with zero attached hydrogens (tertiary/aromatic N) is 6. The van der Waals surface area contributed by atoms with Crippen molar-refractivity contribution in [3.05, 3.63) is 103 Å². The second kappa shape index (κ2) is 9.21. The third-order valence-electron chi connectivity index (χ3n) is 6.20. The minimum absolute atomic E-state index is 0.464. The van der Waals surface area contributed by atoms with Crippen molar-refractivity contribution in [1.82, 2.24) is 40.1 Å². The normalized spacial score (nSPS) is 11.3. The largest absolute Gasteiger partial charge is 0.487 e. The molecule has 0 unspecified atom stereocenters. The van der Waals surface area contributed by atoms with Crippen LogP contribution in [0.4, 0.5) is 0 Å². The van der Waals surface area contributed by atoms with Crippen molar-refractivity contribution in [3.63, 3.8) is 0 Å². The monoisotopic (exact) mass is 496 g/mol. The zero-order chi connectivity index (χ0) is 25.3. The quantitative estimate of drug-likeness (QED) is 0.308. The van der Waals surface area contributed by atoms with Crippen LogP contribution in [-0.2, 0) is 6.61 Å². The lowest BCUT2D eigenvalue weighted by Crippen LogP contribution is -1.96. The van der Waals surface area contributed by atoms with Crippen molar-refractivity contribution >= 4 is 22.1 Å². The summed E-state index contributed by atoms with van der Waals surface area (Å²) in [6.45, 7) is 0.464. The Morgan fingerprint density at radius 1 is 0.711 bits per heavy atom. The van der Waals surface area contributed by atoms with Crippen LogP contribution in [-0.4, -0.2) is 40.1 Å². The zero-order valence-electron chi connectivity index (χ0n) is 20.0. The number of aromatic amines is 2. The van der Waals surface area contributed by atoms with Gasteiger partial charge in [0, 0.05) is 24.2 Å². The molecule has 0 aliphatic heterocycles. The summed E-state index contributed by atoms with van der Waals surface area (Å²) in [7, 11) is 0. The average molecular weight is 497 g/mol. The maximum absolute atomic E-state index is 5.97. The maximum Gasteiger partial charge on any atom is 0.161 e. The number of aromatic nitrogens is 8. The smallest absolute Gasteiger partial charge is 0.161 e. The van der Waals surface area contributed by atoms with Crippen LogP contribution in [0.2, 0.25) is 0 Å². The first kappa shape index (κ1) is 21.8. The molecule has 6 aromatic heterocycles. The van der Waals surface area contributed by atoms with Gasteiger partial charge >= 0.3 is 0 Å². The Labute approximate surface area is 216 Å². The van der Waals surface area contributed by atoms with Crippen LogP contribution in [0, 0.1) is 0 Å². The van der Waals surface area contributed by atoms with Gasteiger partial charge < -0.3 is 9.72 Å². The predicted molar refractivity (Wildman–Crippen MR) is 144 cm³/mol. The average Bonchev–Trinajstić information content (AvgIpc) is 3.61. The predicted octanol–water partition coefficient (Wildman–Crippen LogP) is 5.60. The van der Waals surface area contributed by atoms with Crippen molar-refractivity contribution < 1.29 is 4.74 Å². The molecule has 0 saturated heterocycles. The minimum atomic E-state index is 0.464. The van der Waals surface area contributed by atoms with Gasteiger partial charge in [-0.15, -0.1) is 0 Å². The Kier molecular flexibility index (Phi) is 5.29. The van der Waals surface area contributed by atoms with Gasteiger partial charge in [-0.05, 0) is 42.0 Å². The van der Waals surface area contributed by atoms with Crippen molar-refractivity contribution in [2.75, 3.05) is 0 Å². The molecule has 0 aliphatic carbocycles. The van der Waals surface area contributed by atoms with E-state index in [-0.39, 0.29) is 0 Å². The number of hydrogen-bond donors (Lipinski definition) is 2. The van der Waals surface area contributed by atoms with Crippen molar-refractivity contribution in [2.45, 2.75) is 6.61 Å². The first-order valence-electron chi connectivity index (χ1n) is 12.1. The summed E-state index contributed by atoms with van der Waals surface area (Å²) in [5.74, 6) is 1.27. The first-order chi connectivity index (χ1) is 18.8. The van der Waals surface area contributed by atoms with E-state index in [0.29, 0.717) is 35.1 Å². The third-order valence-corrected chi connectivity index (χ3v) is 6.20. The number of fused-ring (bicyclic) bond motifs is 2. The molecule has 0 fully saturated rings. The Hall–Kier alpha value is -5.44. The van der Waals surface area contributed by atoms with Gasteiger partial charge in [-0.1, -0.05) is 36.4 Å². The molecule has 0 amide bonds. The zero-order valence-corrected chi connectivity index (χ0v) is 20.0. The molecular weight excluding hydrogens is 476 g/mol. The van der Waals surface area contributed by atoms with Crippen molar-refractivity contribution in [1.29, 1.82) is 0 Å². The SMILES string of the molecule is c1ccc(COc2cncc(-c3ccc4[nH]nc(-c5nc6c(-c7ccccn7)nccc6[nH]5)c4n3)c2)cc1. The van der Waals surface area contributed by atoms with E-state index >= 15 is 0 Å². The lowest BCUT2D eigenvalue weighted by atomic mass is 10.1. The molecule has 9 heteroatoms. The third kappa shape index (κ3) is 4.01. The molecule has 7 rings (SSSR count). The number of ether oxygens (including phenoxy) is 1. The summed E-state index contributed by atoms with van der Waals surface area (Å²) in [6.07, 6.45) is 6.96.